The summed E-state index contributed by atoms with van der Waals surface area (Å²) in [5, 5.41) is 0. The molecule has 5 N–H and O–H groups in total. The van der Waals surface area contributed by atoms with Crippen molar-refractivity contribution in [3.63, 3.8) is 0 Å². The monoisotopic (exact) mass is 323 g/mol. The fraction of sp³-hybridized carbons (Fsp3) is 0.158. The third-order valence-corrected chi connectivity index (χ3v) is 3.72. The molecule has 0 radical (unpaired) electrons. The van der Waals surface area contributed by atoms with Gasteiger partial charge in [0.15, 0.2) is 0 Å². The second kappa shape index (κ2) is 7.00. The molecule has 3 rings (SSSR count). The van der Waals surface area contributed by atoms with E-state index in [1.165, 1.54) is 0 Å². The van der Waals surface area contributed by atoms with Gasteiger partial charge >= 0.3 is 0 Å². The maximum absolute atomic E-state index is 6.07. The molecule has 1 unspecified atom stereocenters. The maximum Gasteiger partial charge on any atom is 0.138 e. The highest BCUT2D eigenvalue weighted by Crippen LogP contribution is 2.30. The molecule has 0 aliphatic rings. The number of nitrogen functional groups attached to an aromatic ring is 2. The van der Waals surface area contributed by atoms with Gasteiger partial charge in [0.2, 0.25) is 0 Å². The van der Waals surface area contributed by atoms with E-state index in [4.69, 9.17) is 20.9 Å². The first-order valence-electron chi connectivity index (χ1n) is 7.88. The molecule has 3 aromatic rings. The summed E-state index contributed by atoms with van der Waals surface area (Å²) < 4.78 is 11.9. The lowest BCUT2D eigenvalue weighted by molar-refractivity contribution is 0.196. The molecule has 5 nitrogen and oxygen atoms in total. The van der Waals surface area contributed by atoms with Gasteiger partial charge < -0.3 is 25.9 Å². The largest absolute Gasteiger partial charge is 0.484 e. The predicted octanol–water partition coefficient (Wildman–Crippen LogP) is 4.50. The van der Waals surface area contributed by atoms with Crippen molar-refractivity contribution in [2.75, 3.05) is 11.5 Å². The van der Waals surface area contributed by atoms with Gasteiger partial charge in [0, 0.05) is 18.3 Å². The third-order valence-electron chi connectivity index (χ3n) is 3.72. The fourth-order valence-corrected chi connectivity index (χ4v) is 2.44. The summed E-state index contributed by atoms with van der Waals surface area (Å²) in [7, 11) is 0. The minimum atomic E-state index is -0.0255. The van der Waals surface area contributed by atoms with Gasteiger partial charge in [-0.1, -0.05) is 13.0 Å². The standard InChI is InChI=1S/C19H21N3O2/c1-2-19(18-7-4-10-22-18)24-14-6-3-5-13(11-14)23-15-8-9-16(20)17(21)12-15/h3-12,19,22H,2,20-21H2,1H3. The smallest absolute Gasteiger partial charge is 0.138 e. The molecule has 24 heavy (non-hydrogen) atoms. The summed E-state index contributed by atoms with van der Waals surface area (Å²) in [6.07, 6.45) is 2.73. The number of aromatic nitrogens is 1. The van der Waals surface area contributed by atoms with Crippen molar-refractivity contribution >= 4 is 11.4 Å². The Kier molecular flexibility index (Phi) is 4.61. The first-order valence-corrected chi connectivity index (χ1v) is 7.88. The summed E-state index contributed by atoms with van der Waals surface area (Å²) in [5.74, 6) is 2.06. The molecule has 0 fully saturated rings. The number of nitrogens with one attached hydrogen (secondary N) is 1. The summed E-state index contributed by atoms with van der Waals surface area (Å²) in [5.41, 5.74) is 13.6. The van der Waals surface area contributed by atoms with Gasteiger partial charge in [-0.15, -0.1) is 0 Å². The minimum absolute atomic E-state index is 0.0255. The van der Waals surface area contributed by atoms with Crippen molar-refractivity contribution in [3.05, 3.63) is 66.5 Å². The molecule has 0 spiro atoms. The number of nitrogens with two attached hydrogens (primary N) is 2. The average Bonchev–Trinajstić information content (AvgIpc) is 3.11. The number of H-pyrrole nitrogens is 1. The Morgan fingerprint density at radius 2 is 1.71 bits per heavy atom. The second-order valence-corrected chi connectivity index (χ2v) is 5.51. The number of aromatic amines is 1. The first-order chi connectivity index (χ1) is 11.7. The average molecular weight is 323 g/mol. The van der Waals surface area contributed by atoms with Crippen LogP contribution >= 0.6 is 0 Å². The van der Waals surface area contributed by atoms with Gasteiger partial charge in [-0.05, 0) is 42.8 Å². The van der Waals surface area contributed by atoms with E-state index in [0.717, 1.165) is 17.9 Å². The van der Waals surface area contributed by atoms with Gasteiger partial charge in [-0.25, -0.2) is 0 Å². The van der Waals surface area contributed by atoms with Crippen LogP contribution in [0.15, 0.2) is 60.8 Å². The molecular formula is C19H21N3O2. The van der Waals surface area contributed by atoms with Crippen molar-refractivity contribution in [2.24, 2.45) is 0 Å². The van der Waals surface area contributed by atoms with Crippen molar-refractivity contribution < 1.29 is 9.47 Å². The molecule has 0 aliphatic carbocycles. The van der Waals surface area contributed by atoms with E-state index in [0.29, 0.717) is 22.9 Å². The van der Waals surface area contributed by atoms with E-state index >= 15 is 0 Å². The van der Waals surface area contributed by atoms with E-state index in [1.54, 1.807) is 18.2 Å². The molecule has 0 amide bonds. The number of ether oxygens (including phenoxy) is 2. The topological polar surface area (TPSA) is 86.3 Å². The normalized spacial score (nSPS) is 11.9. The fourth-order valence-electron chi connectivity index (χ4n) is 2.44. The number of benzene rings is 2. The van der Waals surface area contributed by atoms with E-state index in [-0.39, 0.29) is 6.10 Å². The first kappa shape index (κ1) is 15.8. The van der Waals surface area contributed by atoms with Crippen LogP contribution in [-0.4, -0.2) is 4.98 Å². The molecule has 1 atom stereocenters. The molecule has 0 saturated heterocycles. The molecule has 0 bridgehead atoms. The van der Waals surface area contributed by atoms with E-state index in [1.807, 2.05) is 42.6 Å². The summed E-state index contributed by atoms with van der Waals surface area (Å²) in [6.45, 7) is 2.09. The van der Waals surface area contributed by atoms with E-state index in [9.17, 15) is 0 Å². The highest BCUT2D eigenvalue weighted by molar-refractivity contribution is 5.65. The van der Waals surface area contributed by atoms with E-state index in [2.05, 4.69) is 11.9 Å². The molecule has 1 aromatic heterocycles. The van der Waals surface area contributed by atoms with Gasteiger partial charge in [0.1, 0.15) is 23.4 Å². The van der Waals surface area contributed by atoms with Gasteiger partial charge in [0.25, 0.3) is 0 Å². The highest BCUT2D eigenvalue weighted by atomic mass is 16.5. The predicted molar refractivity (Wildman–Crippen MR) is 96.2 cm³/mol. The lowest BCUT2D eigenvalue weighted by Gasteiger charge is -2.17. The zero-order chi connectivity index (χ0) is 16.9. The van der Waals surface area contributed by atoms with Crippen molar-refractivity contribution in [1.82, 2.24) is 4.98 Å². The van der Waals surface area contributed by atoms with Crippen LogP contribution in [0.4, 0.5) is 11.4 Å². The highest BCUT2D eigenvalue weighted by Gasteiger charge is 2.12. The molecule has 1 heterocycles. The van der Waals surface area contributed by atoms with Gasteiger partial charge in [0.05, 0.1) is 17.1 Å². The second-order valence-electron chi connectivity index (χ2n) is 5.51. The third kappa shape index (κ3) is 3.63. The Bertz CT molecular complexity index is 800. The number of anilines is 2. The lowest BCUT2D eigenvalue weighted by atomic mass is 10.2. The molecule has 0 saturated carbocycles. The van der Waals surface area contributed by atoms with Crippen LogP contribution in [0, 0.1) is 0 Å². The van der Waals surface area contributed by atoms with Gasteiger partial charge in [-0.2, -0.15) is 0 Å². The Morgan fingerprint density at radius 3 is 2.42 bits per heavy atom. The Morgan fingerprint density at radius 1 is 0.917 bits per heavy atom. The van der Waals surface area contributed by atoms with Crippen LogP contribution in [0.2, 0.25) is 0 Å². The van der Waals surface area contributed by atoms with Crippen LogP contribution in [-0.2, 0) is 0 Å². The van der Waals surface area contributed by atoms with Crippen molar-refractivity contribution in [2.45, 2.75) is 19.4 Å². The van der Waals surface area contributed by atoms with Crippen LogP contribution in [0.25, 0.3) is 0 Å². The zero-order valence-corrected chi connectivity index (χ0v) is 13.5. The Labute approximate surface area is 141 Å². The number of hydrogen-bond acceptors (Lipinski definition) is 4. The Balaban J connectivity index is 1.75. The summed E-state index contributed by atoms with van der Waals surface area (Å²) in [4.78, 5) is 3.19. The quantitative estimate of drug-likeness (QED) is 0.583. The molecule has 0 aliphatic heterocycles. The lowest BCUT2D eigenvalue weighted by Crippen LogP contribution is -2.06. The molecule has 2 aromatic carbocycles. The maximum atomic E-state index is 6.07. The van der Waals surface area contributed by atoms with Crippen LogP contribution < -0.4 is 20.9 Å². The SMILES string of the molecule is CCC(Oc1cccc(Oc2ccc(N)c(N)c2)c1)c1ccc[nH]1. The van der Waals surface area contributed by atoms with Gasteiger partial charge in [-0.3, -0.25) is 0 Å². The molecular weight excluding hydrogens is 302 g/mol. The summed E-state index contributed by atoms with van der Waals surface area (Å²) >= 11 is 0. The zero-order valence-electron chi connectivity index (χ0n) is 13.5. The minimum Gasteiger partial charge on any atom is -0.484 e. The van der Waals surface area contributed by atoms with Crippen LogP contribution in [0.1, 0.15) is 25.1 Å². The summed E-state index contributed by atoms with van der Waals surface area (Å²) in [6, 6.07) is 16.7. The number of hydrogen-bond donors (Lipinski definition) is 3. The van der Waals surface area contributed by atoms with Crippen molar-refractivity contribution in [3.8, 4) is 17.2 Å². The number of rotatable bonds is 6. The molecule has 5 heteroatoms. The Hall–Kier alpha value is -3.08. The molecule has 124 valence electrons. The van der Waals surface area contributed by atoms with E-state index < -0.39 is 0 Å². The van der Waals surface area contributed by atoms with Crippen LogP contribution in [0.5, 0.6) is 17.2 Å². The van der Waals surface area contributed by atoms with Crippen molar-refractivity contribution in [1.29, 1.82) is 0 Å². The van der Waals surface area contributed by atoms with Crippen LogP contribution in [0.3, 0.4) is 0 Å².